The van der Waals surface area contributed by atoms with Gasteiger partial charge in [0.05, 0.1) is 10.6 Å². The van der Waals surface area contributed by atoms with Gasteiger partial charge < -0.3 is 16.0 Å². The Kier molecular flexibility index (Phi) is 6.24. The average molecular weight is 352 g/mol. The first-order chi connectivity index (χ1) is 11.3. The number of amides is 2. The number of halogens is 1. The van der Waals surface area contributed by atoms with E-state index in [0.717, 1.165) is 12.8 Å². The largest absolute Gasteiger partial charge is 0.334 e. The van der Waals surface area contributed by atoms with Crippen LogP contribution in [0.15, 0.2) is 18.2 Å². The molecule has 3 N–H and O–H groups in total. The van der Waals surface area contributed by atoms with E-state index in [2.05, 4.69) is 12.2 Å². The number of benzene rings is 1. The third kappa shape index (κ3) is 4.28. The van der Waals surface area contributed by atoms with E-state index in [0.29, 0.717) is 35.3 Å². The van der Waals surface area contributed by atoms with Crippen LogP contribution in [-0.4, -0.2) is 35.8 Å². The van der Waals surface area contributed by atoms with Gasteiger partial charge in [0.25, 0.3) is 5.91 Å². The number of carbonyl (C=O) groups excluding carboxylic acids is 2. The first-order valence-electron chi connectivity index (χ1n) is 8.45. The summed E-state index contributed by atoms with van der Waals surface area (Å²) in [6, 6.07) is 5.04. The third-order valence-electron chi connectivity index (χ3n) is 4.50. The van der Waals surface area contributed by atoms with E-state index in [1.807, 2.05) is 18.7 Å². The van der Waals surface area contributed by atoms with Gasteiger partial charge in [0.15, 0.2) is 0 Å². The van der Waals surface area contributed by atoms with Crippen molar-refractivity contribution < 1.29 is 9.59 Å². The van der Waals surface area contributed by atoms with Crippen molar-refractivity contribution in [3.05, 3.63) is 28.8 Å². The predicted molar refractivity (Wildman–Crippen MR) is 97.2 cm³/mol. The molecule has 2 unspecified atom stereocenters. The molecule has 0 aromatic heterocycles. The van der Waals surface area contributed by atoms with Crippen LogP contribution in [0, 0.1) is 11.8 Å². The fraction of sp³-hybridized carbons (Fsp3) is 0.556. The lowest BCUT2D eigenvalue weighted by Crippen LogP contribution is -2.49. The second-order valence-corrected chi connectivity index (χ2v) is 7.26. The topological polar surface area (TPSA) is 75.4 Å². The van der Waals surface area contributed by atoms with Crippen LogP contribution in [0.5, 0.6) is 0 Å². The van der Waals surface area contributed by atoms with Crippen LogP contribution in [0.1, 0.15) is 44.0 Å². The molecule has 1 fully saturated rings. The minimum atomic E-state index is -0.134. The normalized spacial score (nSPS) is 21.0. The van der Waals surface area contributed by atoms with E-state index in [-0.39, 0.29) is 23.8 Å². The van der Waals surface area contributed by atoms with Crippen molar-refractivity contribution in [2.75, 3.05) is 18.4 Å². The zero-order valence-electron chi connectivity index (χ0n) is 14.5. The van der Waals surface area contributed by atoms with Gasteiger partial charge in [-0.2, -0.15) is 0 Å². The van der Waals surface area contributed by atoms with E-state index < -0.39 is 0 Å². The fourth-order valence-electron chi connectivity index (χ4n) is 2.95. The molecule has 24 heavy (non-hydrogen) atoms. The zero-order valence-corrected chi connectivity index (χ0v) is 15.3. The van der Waals surface area contributed by atoms with Gasteiger partial charge in [-0.05, 0) is 37.0 Å². The molecule has 0 radical (unpaired) electrons. The molecule has 1 aliphatic rings. The average Bonchev–Trinajstić information content (AvgIpc) is 2.55. The maximum Gasteiger partial charge on any atom is 0.255 e. The molecule has 1 aromatic rings. The maximum absolute atomic E-state index is 12.9. The summed E-state index contributed by atoms with van der Waals surface area (Å²) >= 11 is 6.24. The van der Waals surface area contributed by atoms with Crippen molar-refractivity contribution in [3.8, 4) is 0 Å². The molecule has 1 aromatic carbocycles. The minimum absolute atomic E-state index is 0.0335. The summed E-state index contributed by atoms with van der Waals surface area (Å²) in [5.41, 5.74) is 6.84. The number of nitrogens with zero attached hydrogens (tertiary/aromatic N) is 1. The zero-order chi connectivity index (χ0) is 17.9. The highest BCUT2D eigenvalue weighted by Crippen LogP contribution is 2.27. The summed E-state index contributed by atoms with van der Waals surface area (Å²) in [6.45, 7) is 6.94. The highest BCUT2D eigenvalue weighted by atomic mass is 35.5. The summed E-state index contributed by atoms with van der Waals surface area (Å²) in [5.74, 6) is 0.213. The number of nitrogens with two attached hydrogens (primary N) is 1. The Morgan fingerprint density at radius 1 is 1.42 bits per heavy atom. The standard InChI is InChI=1S/C18H26ClN3O2/c1-11(2)17(23)21-13-4-5-16(19)15(9-13)18(24)22-7-6-12(3)8-14(22)10-20/h4-5,9,11-12,14H,6-8,10,20H2,1-3H3,(H,21,23). The molecule has 2 amide bonds. The van der Waals surface area contributed by atoms with Gasteiger partial charge in [0.1, 0.15) is 0 Å². The number of hydrogen-bond donors (Lipinski definition) is 2. The molecule has 0 saturated carbocycles. The van der Waals surface area contributed by atoms with Crippen molar-refractivity contribution in [2.24, 2.45) is 17.6 Å². The van der Waals surface area contributed by atoms with Crippen molar-refractivity contribution >= 4 is 29.1 Å². The number of carbonyl (C=O) groups is 2. The van der Waals surface area contributed by atoms with E-state index in [4.69, 9.17) is 17.3 Å². The summed E-state index contributed by atoms with van der Waals surface area (Å²) in [7, 11) is 0. The summed E-state index contributed by atoms with van der Waals surface area (Å²) in [4.78, 5) is 26.6. The maximum atomic E-state index is 12.9. The molecular weight excluding hydrogens is 326 g/mol. The Bertz CT molecular complexity index is 618. The molecule has 2 rings (SSSR count). The molecule has 1 saturated heterocycles. The second-order valence-electron chi connectivity index (χ2n) is 6.86. The minimum Gasteiger partial charge on any atom is -0.334 e. The Morgan fingerprint density at radius 3 is 2.75 bits per heavy atom. The lowest BCUT2D eigenvalue weighted by Gasteiger charge is -2.38. The van der Waals surface area contributed by atoms with Gasteiger partial charge >= 0.3 is 0 Å². The lowest BCUT2D eigenvalue weighted by molar-refractivity contribution is -0.118. The van der Waals surface area contributed by atoms with Crippen LogP contribution in [0.4, 0.5) is 5.69 Å². The van der Waals surface area contributed by atoms with E-state index >= 15 is 0 Å². The van der Waals surface area contributed by atoms with Crippen LogP contribution >= 0.6 is 11.6 Å². The Labute approximate surface area is 148 Å². The number of anilines is 1. The quantitative estimate of drug-likeness (QED) is 0.875. The van der Waals surface area contributed by atoms with Crippen LogP contribution in [0.25, 0.3) is 0 Å². The summed E-state index contributed by atoms with van der Waals surface area (Å²) in [6.07, 6.45) is 1.87. The van der Waals surface area contributed by atoms with Gasteiger partial charge in [-0.25, -0.2) is 0 Å². The number of rotatable bonds is 4. The van der Waals surface area contributed by atoms with Crippen LogP contribution in [0.2, 0.25) is 5.02 Å². The molecular formula is C18H26ClN3O2. The molecule has 0 aliphatic carbocycles. The highest BCUT2D eigenvalue weighted by Gasteiger charge is 2.30. The molecule has 1 heterocycles. The number of likely N-dealkylation sites (tertiary alicyclic amines) is 1. The second kappa shape index (κ2) is 7.99. The Hall–Kier alpha value is -1.59. The van der Waals surface area contributed by atoms with Crippen molar-refractivity contribution in [1.82, 2.24) is 4.90 Å². The highest BCUT2D eigenvalue weighted by molar-refractivity contribution is 6.34. The van der Waals surface area contributed by atoms with Gasteiger partial charge in [-0.3, -0.25) is 9.59 Å². The lowest BCUT2D eigenvalue weighted by atomic mass is 9.92. The van der Waals surface area contributed by atoms with E-state index in [1.54, 1.807) is 18.2 Å². The molecule has 132 valence electrons. The van der Waals surface area contributed by atoms with Crippen LogP contribution < -0.4 is 11.1 Å². The predicted octanol–water partition coefficient (Wildman–Crippen LogP) is 3.13. The van der Waals surface area contributed by atoms with Crippen molar-refractivity contribution in [2.45, 2.75) is 39.7 Å². The molecule has 5 nitrogen and oxygen atoms in total. The van der Waals surface area contributed by atoms with E-state index in [1.165, 1.54) is 0 Å². The number of nitrogens with one attached hydrogen (secondary N) is 1. The Balaban J connectivity index is 2.23. The monoisotopic (exact) mass is 351 g/mol. The first kappa shape index (κ1) is 18.7. The van der Waals surface area contributed by atoms with Gasteiger partial charge in [0, 0.05) is 30.7 Å². The molecule has 6 heteroatoms. The summed E-state index contributed by atoms with van der Waals surface area (Å²) < 4.78 is 0. The molecule has 0 spiro atoms. The SMILES string of the molecule is CC1CCN(C(=O)c2cc(NC(=O)C(C)C)ccc2Cl)C(CN)C1. The fourth-order valence-corrected chi connectivity index (χ4v) is 3.15. The van der Waals surface area contributed by atoms with Gasteiger partial charge in [-0.15, -0.1) is 0 Å². The van der Waals surface area contributed by atoms with Gasteiger partial charge in [-0.1, -0.05) is 32.4 Å². The van der Waals surface area contributed by atoms with Crippen LogP contribution in [0.3, 0.4) is 0 Å². The van der Waals surface area contributed by atoms with E-state index in [9.17, 15) is 9.59 Å². The van der Waals surface area contributed by atoms with Gasteiger partial charge in [0.2, 0.25) is 5.91 Å². The molecule has 0 bridgehead atoms. The van der Waals surface area contributed by atoms with Crippen molar-refractivity contribution in [3.63, 3.8) is 0 Å². The first-order valence-corrected chi connectivity index (χ1v) is 8.82. The number of piperidine rings is 1. The third-order valence-corrected chi connectivity index (χ3v) is 4.83. The summed E-state index contributed by atoms with van der Waals surface area (Å²) in [5, 5.41) is 3.19. The Morgan fingerprint density at radius 2 is 2.12 bits per heavy atom. The van der Waals surface area contributed by atoms with Crippen molar-refractivity contribution in [1.29, 1.82) is 0 Å². The smallest absolute Gasteiger partial charge is 0.255 e. The van der Waals surface area contributed by atoms with Crippen LogP contribution in [-0.2, 0) is 4.79 Å². The molecule has 1 aliphatic heterocycles. The molecule has 2 atom stereocenters. The number of hydrogen-bond acceptors (Lipinski definition) is 3.